The van der Waals surface area contributed by atoms with E-state index in [1.807, 2.05) is 19.9 Å². The molecule has 0 saturated heterocycles. The van der Waals surface area contributed by atoms with Crippen LogP contribution in [-0.4, -0.2) is 8.42 Å². The highest BCUT2D eigenvalue weighted by atomic mass is 35.5. The van der Waals surface area contributed by atoms with Gasteiger partial charge in [-0.3, -0.25) is 4.72 Å². The van der Waals surface area contributed by atoms with Crippen molar-refractivity contribution in [3.63, 3.8) is 0 Å². The fraction of sp³-hybridized carbons (Fsp3) is 0.143. The van der Waals surface area contributed by atoms with E-state index >= 15 is 0 Å². The molecular weight excluding hydrogens is 301 g/mol. The summed E-state index contributed by atoms with van der Waals surface area (Å²) in [4.78, 5) is -0.0805. The Labute approximate surface area is 122 Å². The van der Waals surface area contributed by atoms with Crippen LogP contribution in [0, 0.1) is 19.7 Å². The summed E-state index contributed by atoms with van der Waals surface area (Å²) < 4.78 is 39.9. The normalized spacial score (nSPS) is 11.4. The van der Waals surface area contributed by atoms with Crippen molar-refractivity contribution in [2.45, 2.75) is 18.7 Å². The fourth-order valence-corrected chi connectivity index (χ4v) is 3.20. The van der Waals surface area contributed by atoms with E-state index in [-0.39, 0.29) is 9.92 Å². The van der Waals surface area contributed by atoms with Gasteiger partial charge in [-0.25, -0.2) is 12.8 Å². The number of halogens is 2. The highest BCUT2D eigenvalue weighted by molar-refractivity contribution is 7.92. The minimum absolute atomic E-state index is 0.0805. The number of rotatable bonds is 3. The van der Waals surface area contributed by atoms with E-state index in [0.717, 1.165) is 23.3 Å². The standard InChI is InChI=1S/C14H13ClFNO2S/c1-9-5-10(2)7-11(6-9)17-20(18,19)12-3-4-14(16)13(15)8-12/h3-8,17H,1-2H3. The van der Waals surface area contributed by atoms with E-state index in [4.69, 9.17) is 11.6 Å². The summed E-state index contributed by atoms with van der Waals surface area (Å²) in [5.74, 6) is -0.656. The summed E-state index contributed by atoms with van der Waals surface area (Å²) >= 11 is 5.61. The Balaban J connectivity index is 2.37. The quantitative estimate of drug-likeness (QED) is 0.934. The van der Waals surface area contributed by atoms with Gasteiger partial charge in [-0.1, -0.05) is 17.7 Å². The van der Waals surface area contributed by atoms with Crippen LogP contribution in [0.2, 0.25) is 5.02 Å². The maximum absolute atomic E-state index is 13.1. The molecule has 1 N–H and O–H groups in total. The Hall–Kier alpha value is -1.59. The van der Waals surface area contributed by atoms with E-state index < -0.39 is 15.8 Å². The highest BCUT2D eigenvalue weighted by Gasteiger charge is 2.16. The molecule has 0 atom stereocenters. The molecule has 2 rings (SSSR count). The zero-order valence-electron chi connectivity index (χ0n) is 10.9. The molecule has 6 heteroatoms. The first kappa shape index (κ1) is 14.8. The molecule has 0 aromatic heterocycles. The van der Waals surface area contributed by atoms with E-state index in [1.165, 1.54) is 6.07 Å². The molecule has 0 aliphatic rings. The van der Waals surface area contributed by atoms with Gasteiger partial charge in [-0.15, -0.1) is 0 Å². The molecule has 2 aromatic carbocycles. The van der Waals surface area contributed by atoms with Gasteiger partial charge in [0, 0.05) is 5.69 Å². The number of aryl methyl sites for hydroxylation is 2. The van der Waals surface area contributed by atoms with Crippen LogP contribution in [-0.2, 0) is 10.0 Å². The molecule has 3 nitrogen and oxygen atoms in total. The lowest BCUT2D eigenvalue weighted by Crippen LogP contribution is -2.13. The molecule has 20 heavy (non-hydrogen) atoms. The number of sulfonamides is 1. The third-order valence-corrected chi connectivity index (χ3v) is 4.34. The van der Waals surface area contributed by atoms with Gasteiger partial charge in [0.2, 0.25) is 0 Å². The molecule has 106 valence electrons. The molecule has 0 spiro atoms. The SMILES string of the molecule is Cc1cc(C)cc(NS(=O)(=O)c2ccc(F)c(Cl)c2)c1. The molecule has 0 fully saturated rings. The Morgan fingerprint density at radius 1 is 1.05 bits per heavy atom. The second-order valence-corrected chi connectivity index (χ2v) is 6.65. The number of nitrogens with one attached hydrogen (secondary N) is 1. The molecule has 2 aromatic rings. The van der Waals surface area contributed by atoms with Crippen molar-refractivity contribution in [3.05, 3.63) is 58.4 Å². The van der Waals surface area contributed by atoms with Crippen LogP contribution in [0.5, 0.6) is 0 Å². The molecule has 0 aliphatic heterocycles. The summed E-state index contributed by atoms with van der Waals surface area (Å²) in [5, 5.41) is -0.228. The zero-order chi connectivity index (χ0) is 14.9. The van der Waals surface area contributed by atoms with Crippen LogP contribution < -0.4 is 4.72 Å². The predicted octanol–water partition coefficient (Wildman–Crippen LogP) is 3.90. The fourth-order valence-electron chi connectivity index (χ4n) is 1.89. The largest absolute Gasteiger partial charge is 0.280 e. The lowest BCUT2D eigenvalue weighted by molar-refractivity contribution is 0.599. The van der Waals surface area contributed by atoms with E-state index in [2.05, 4.69) is 4.72 Å². The molecular formula is C14H13ClFNO2S. The second kappa shape index (κ2) is 5.42. The van der Waals surface area contributed by atoms with Gasteiger partial charge in [0.1, 0.15) is 5.82 Å². The first-order chi connectivity index (χ1) is 9.28. The van der Waals surface area contributed by atoms with Crippen molar-refractivity contribution in [1.82, 2.24) is 0 Å². The smallest absolute Gasteiger partial charge is 0.261 e. The zero-order valence-corrected chi connectivity index (χ0v) is 12.5. The maximum atomic E-state index is 13.1. The number of benzene rings is 2. The highest BCUT2D eigenvalue weighted by Crippen LogP contribution is 2.22. The molecule has 0 radical (unpaired) electrons. The van der Waals surface area contributed by atoms with Crippen molar-refractivity contribution < 1.29 is 12.8 Å². The lowest BCUT2D eigenvalue weighted by Gasteiger charge is -2.10. The summed E-state index contributed by atoms with van der Waals surface area (Å²) in [6, 6.07) is 8.66. The van der Waals surface area contributed by atoms with Crippen molar-refractivity contribution >= 4 is 27.3 Å². The van der Waals surface area contributed by atoms with Crippen LogP contribution in [0.3, 0.4) is 0 Å². The van der Waals surface area contributed by atoms with Crippen molar-refractivity contribution in [2.75, 3.05) is 4.72 Å². The third kappa shape index (κ3) is 3.29. The molecule has 0 aliphatic carbocycles. The first-order valence-electron chi connectivity index (χ1n) is 5.84. The van der Waals surface area contributed by atoms with Crippen LogP contribution in [0.4, 0.5) is 10.1 Å². The molecule has 0 saturated carbocycles. The van der Waals surface area contributed by atoms with Gasteiger partial charge in [0.05, 0.1) is 9.92 Å². The van der Waals surface area contributed by atoms with Gasteiger partial charge in [-0.05, 0) is 55.3 Å². The Bertz CT molecular complexity index is 740. The van der Waals surface area contributed by atoms with Crippen LogP contribution >= 0.6 is 11.6 Å². The van der Waals surface area contributed by atoms with Crippen LogP contribution in [0.1, 0.15) is 11.1 Å². The van der Waals surface area contributed by atoms with Crippen molar-refractivity contribution in [1.29, 1.82) is 0 Å². The van der Waals surface area contributed by atoms with Crippen molar-refractivity contribution in [2.24, 2.45) is 0 Å². The molecule has 0 bridgehead atoms. The van der Waals surface area contributed by atoms with E-state index in [9.17, 15) is 12.8 Å². The van der Waals surface area contributed by atoms with Gasteiger partial charge >= 0.3 is 0 Å². The average molecular weight is 314 g/mol. The summed E-state index contributed by atoms with van der Waals surface area (Å²) in [6.45, 7) is 3.75. The Kier molecular flexibility index (Phi) is 4.01. The minimum atomic E-state index is -3.79. The Morgan fingerprint density at radius 2 is 1.65 bits per heavy atom. The predicted molar refractivity (Wildman–Crippen MR) is 78.1 cm³/mol. The number of anilines is 1. The molecule has 0 heterocycles. The number of hydrogen-bond acceptors (Lipinski definition) is 2. The summed E-state index contributed by atoms with van der Waals surface area (Å²) in [6.07, 6.45) is 0. The van der Waals surface area contributed by atoms with Crippen LogP contribution in [0.25, 0.3) is 0 Å². The van der Waals surface area contributed by atoms with E-state index in [0.29, 0.717) is 5.69 Å². The van der Waals surface area contributed by atoms with Gasteiger partial charge in [-0.2, -0.15) is 0 Å². The monoisotopic (exact) mass is 313 g/mol. The molecule has 0 amide bonds. The molecule has 0 unspecified atom stereocenters. The first-order valence-corrected chi connectivity index (χ1v) is 7.70. The van der Waals surface area contributed by atoms with Crippen molar-refractivity contribution in [3.8, 4) is 0 Å². The topological polar surface area (TPSA) is 46.2 Å². The van der Waals surface area contributed by atoms with Gasteiger partial charge in [0.15, 0.2) is 0 Å². The minimum Gasteiger partial charge on any atom is -0.280 e. The van der Waals surface area contributed by atoms with Crippen LogP contribution in [0.15, 0.2) is 41.3 Å². The third-order valence-electron chi connectivity index (χ3n) is 2.68. The maximum Gasteiger partial charge on any atom is 0.261 e. The summed E-state index contributed by atoms with van der Waals surface area (Å²) in [7, 11) is -3.79. The van der Waals surface area contributed by atoms with Gasteiger partial charge in [0.25, 0.3) is 10.0 Å². The summed E-state index contributed by atoms with van der Waals surface area (Å²) in [5.41, 5.74) is 2.35. The lowest BCUT2D eigenvalue weighted by atomic mass is 10.1. The van der Waals surface area contributed by atoms with Gasteiger partial charge < -0.3 is 0 Å². The Morgan fingerprint density at radius 3 is 2.20 bits per heavy atom. The number of hydrogen-bond donors (Lipinski definition) is 1. The van der Waals surface area contributed by atoms with E-state index in [1.54, 1.807) is 12.1 Å². The second-order valence-electron chi connectivity index (χ2n) is 4.56. The average Bonchev–Trinajstić information content (AvgIpc) is 2.30.